The van der Waals surface area contributed by atoms with Crippen molar-refractivity contribution in [2.75, 3.05) is 14.2 Å². The maximum Gasteiger partial charge on any atom is 0.177 e. The highest BCUT2D eigenvalue weighted by atomic mass is 79.9. The number of carbonyl (C=O) groups excluding carboxylic acids is 1. The van der Waals surface area contributed by atoms with Gasteiger partial charge in [-0.2, -0.15) is 0 Å². The van der Waals surface area contributed by atoms with Gasteiger partial charge in [0.1, 0.15) is 0 Å². The van der Waals surface area contributed by atoms with Gasteiger partial charge in [-0.1, -0.05) is 15.9 Å². The van der Waals surface area contributed by atoms with Crippen LogP contribution < -0.4 is 9.47 Å². The molecule has 0 aliphatic heterocycles. The summed E-state index contributed by atoms with van der Waals surface area (Å²) in [5, 5.41) is 0. The van der Waals surface area contributed by atoms with Gasteiger partial charge in [0.15, 0.2) is 17.3 Å². The number of halogens is 1. The van der Waals surface area contributed by atoms with E-state index in [1.165, 1.54) is 0 Å². The fourth-order valence-electron chi connectivity index (χ4n) is 1.77. The van der Waals surface area contributed by atoms with Gasteiger partial charge in [-0.3, -0.25) is 4.79 Å². The molecule has 0 saturated heterocycles. The lowest BCUT2D eigenvalue weighted by Gasteiger charge is -2.09. The molecule has 0 bridgehead atoms. The molecule has 0 N–H and O–H groups in total. The molecule has 80 valence electrons. The molecule has 0 spiro atoms. The number of carbonyl (C=O) groups is 1. The predicted molar refractivity (Wildman–Crippen MR) is 60.3 cm³/mol. The van der Waals surface area contributed by atoms with Crippen molar-refractivity contribution in [3.8, 4) is 11.5 Å². The molecule has 15 heavy (non-hydrogen) atoms. The first-order chi connectivity index (χ1) is 7.17. The van der Waals surface area contributed by atoms with Crippen molar-refractivity contribution in [1.29, 1.82) is 0 Å². The van der Waals surface area contributed by atoms with Crippen LogP contribution in [0.1, 0.15) is 15.9 Å². The highest BCUT2D eigenvalue weighted by Crippen LogP contribution is 2.36. The third-order valence-corrected chi connectivity index (χ3v) is 3.30. The summed E-state index contributed by atoms with van der Waals surface area (Å²) in [5.41, 5.74) is 1.74. The van der Waals surface area contributed by atoms with E-state index in [0.29, 0.717) is 17.9 Å². The fourth-order valence-corrected chi connectivity index (χ4v) is 2.37. The normalized spacial score (nSPS) is 18.9. The maximum absolute atomic E-state index is 11.7. The number of hydrogen-bond acceptors (Lipinski definition) is 3. The Hall–Kier alpha value is -1.03. The largest absolute Gasteiger partial charge is 0.493 e. The molecule has 4 heteroatoms. The molecule has 1 aromatic carbocycles. The van der Waals surface area contributed by atoms with E-state index >= 15 is 0 Å². The molecule has 0 unspecified atom stereocenters. The number of rotatable bonds is 2. The molecule has 1 aromatic rings. The summed E-state index contributed by atoms with van der Waals surface area (Å²) < 4.78 is 10.3. The minimum absolute atomic E-state index is 0.107. The molecule has 3 nitrogen and oxygen atoms in total. The van der Waals surface area contributed by atoms with Crippen molar-refractivity contribution in [3.05, 3.63) is 23.3 Å². The molecule has 0 heterocycles. The van der Waals surface area contributed by atoms with Crippen molar-refractivity contribution in [1.82, 2.24) is 0 Å². The van der Waals surface area contributed by atoms with E-state index in [9.17, 15) is 4.79 Å². The molecule has 0 fully saturated rings. The van der Waals surface area contributed by atoms with Crippen LogP contribution in [0.5, 0.6) is 11.5 Å². The first-order valence-electron chi connectivity index (χ1n) is 4.60. The van der Waals surface area contributed by atoms with Crippen LogP contribution in [0.25, 0.3) is 0 Å². The number of ether oxygens (including phenoxy) is 2. The first kappa shape index (κ1) is 10.5. The van der Waals surface area contributed by atoms with Gasteiger partial charge in [-0.15, -0.1) is 0 Å². The molecule has 0 amide bonds. The van der Waals surface area contributed by atoms with Gasteiger partial charge >= 0.3 is 0 Å². The number of methoxy groups -OCH3 is 2. The van der Waals surface area contributed by atoms with Gasteiger partial charge in [0.25, 0.3) is 0 Å². The molecule has 0 saturated carbocycles. The SMILES string of the molecule is COc1cc2c(cc1OC)C(=O)[C@H](Br)C2. The lowest BCUT2D eigenvalue weighted by molar-refractivity contribution is 0.100. The van der Waals surface area contributed by atoms with Crippen LogP contribution in [0.3, 0.4) is 0 Å². The van der Waals surface area contributed by atoms with Gasteiger partial charge < -0.3 is 9.47 Å². The third-order valence-electron chi connectivity index (χ3n) is 2.56. The second-order valence-corrected chi connectivity index (χ2v) is 4.51. The number of hydrogen-bond donors (Lipinski definition) is 0. The minimum Gasteiger partial charge on any atom is -0.493 e. The molecule has 0 aromatic heterocycles. The van der Waals surface area contributed by atoms with E-state index in [2.05, 4.69) is 15.9 Å². The van der Waals surface area contributed by atoms with E-state index in [-0.39, 0.29) is 10.6 Å². The summed E-state index contributed by atoms with van der Waals surface area (Å²) in [7, 11) is 3.15. The summed E-state index contributed by atoms with van der Waals surface area (Å²) >= 11 is 3.35. The second kappa shape index (κ2) is 3.85. The van der Waals surface area contributed by atoms with Gasteiger partial charge in [0.2, 0.25) is 0 Å². The van der Waals surface area contributed by atoms with Crippen LogP contribution in [0.15, 0.2) is 12.1 Å². The van der Waals surface area contributed by atoms with E-state index in [4.69, 9.17) is 9.47 Å². The molecule has 0 radical (unpaired) electrons. The Balaban J connectivity index is 2.53. The van der Waals surface area contributed by atoms with Crippen LogP contribution >= 0.6 is 15.9 Å². The van der Waals surface area contributed by atoms with Crippen molar-refractivity contribution >= 4 is 21.7 Å². The number of benzene rings is 1. The van der Waals surface area contributed by atoms with Gasteiger partial charge in [-0.25, -0.2) is 0 Å². The second-order valence-electron chi connectivity index (χ2n) is 3.40. The zero-order valence-electron chi connectivity index (χ0n) is 8.54. The van der Waals surface area contributed by atoms with Crippen molar-refractivity contribution in [2.24, 2.45) is 0 Å². The Morgan fingerprint density at radius 2 is 1.87 bits per heavy atom. The van der Waals surface area contributed by atoms with E-state index in [1.54, 1.807) is 20.3 Å². The van der Waals surface area contributed by atoms with Crippen LogP contribution in [-0.2, 0) is 6.42 Å². The summed E-state index contributed by atoms with van der Waals surface area (Å²) in [6.07, 6.45) is 0.717. The number of Topliss-reactive ketones (excluding diaryl/α,β-unsaturated/α-hetero) is 1. The molecular weight excluding hydrogens is 260 g/mol. The molecule has 1 aliphatic carbocycles. The van der Waals surface area contributed by atoms with Gasteiger partial charge in [0, 0.05) is 5.56 Å². The Bertz CT molecular complexity index is 415. The summed E-state index contributed by atoms with van der Waals surface area (Å²) in [6.45, 7) is 0. The number of ketones is 1. The smallest absolute Gasteiger partial charge is 0.177 e. The number of alkyl halides is 1. The van der Waals surface area contributed by atoms with E-state index < -0.39 is 0 Å². The molecular formula is C11H11BrO3. The van der Waals surface area contributed by atoms with Crippen molar-refractivity contribution < 1.29 is 14.3 Å². The molecule has 1 aliphatic rings. The predicted octanol–water partition coefficient (Wildman–Crippen LogP) is 2.21. The average molecular weight is 271 g/mol. The fraction of sp³-hybridized carbons (Fsp3) is 0.364. The summed E-state index contributed by atoms with van der Waals surface area (Å²) in [5.74, 6) is 1.39. The van der Waals surface area contributed by atoms with Crippen LogP contribution in [0.4, 0.5) is 0 Å². The maximum atomic E-state index is 11.7. The Morgan fingerprint density at radius 1 is 1.27 bits per heavy atom. The third kappa shape index (κ3) is 1.63. The minimum atomic E-state index is -0.107. The highest BCUT2D eigenvalue weighted by Gasteiger charge is 2.29. The standard InChI is InChI=1S/C11H11BrO3/c1-14-9-4-6-3-8(12)11(13)7(6)5-10(9)15-2/h4-5,8H,3H2,1-2H3/t8-/m1/s1. The van der Waals surface area contributed by atoms with Crippen LogP contribution in [0, 0.1) is 0 Å². The Morgan fingerprint density at radius 3 is 2.47 bits per heavy atom. The first-order valence-corrected chi connectivity index (χ1v) is 5.52. The number of fused-ring (bicyclic) bond motifs is 1. The highest BCUT2D eigenvalue weighted by molar-refractivity contribution is 9.10. The summed E-state index contributed by atoms with van der Waals surface area (Å²) in [4.78, 5) is 11.6. The van der Waals surface area contributed by atoms with Crippen LogP contribution in [0.2, 0.25) is 0 Å². The average Bonchev–Trinajstić information content (AvgIpc) is 2.53. The topological polar surface area (TPSA) is 35.5 Å². The molecule has 2 rings (SSSR count). The Labute approximate surface area is 96.5 Å². The quantitative estimate of drug-likeness (QED) is 0.773. The summed E-state index contributed by atoms with van der Waals surface area (Å²) in [6, 6.07) is 3.62. The van der Waals surface area contributed by atoms with Gasteiger partial charge in [0.05, 0.1) is 19.0 Å². The van der Waals surface area contributed by atoms with Gasteiger partial charge in [-0.05, 0) is 24.1 Å². The lowest BCUT2D eigenvalue weighted by atomic mass is 10.1. The van der Waals surface area contributed by atoms with Crippen molar-refractivity contribution in [3.63, 3.8) is 0 Å². The van der Waals surface area contributed by atoms with Crippen LogP contribution in [-0.4, -0.2) is 24.8 Å². The monoisotopic (exact) mass is 270 g/mol. The van der Waals surface area contributed by atoms with E-state index in [0.717, 1.165) is 11.1 Å². The molecule has 1 atom stereocenters. The zero-order chi connectivity index (χ0) is 11.0. The lowest BCUT2D eigenvalue weighted by Crippen LogP contribution is -2.06. The van der Waals surface area contributed by atoms with Crippen molar-refractivity contribution in [2.45, 2.75) is 11.2 Å². The van der Waals surface area contributed by atoms with E-state index in [1.807, 2.05) is 6.07 Å². The zero-order valence-corrected chi connectivity index (χ0v) is 10.1. The Kier molecular flexibility index (Phi) is 2.69.